The number of likely N-dealkylation sites (tertiary alicyclic amines) is 1. The average molecular weight is 429 g/mol. The molecule has 0 atom stereocenters. The van der Waals surface area contributed by atoms with Crippen LogP contribution in [0.25, 0.3) is 0 Å². The number of rotatable bonds is 5. The lowest BCUT2D eigenvalue weighted by Gasteiger charge is -2.38. The Balaban J connectivity index is 1.30. The molecule has 3 aliphatic heterocycles. The highest BCUT2D eigenvalue weighted by Gasteiger charge is 2.28. The van der Waals surface area contributed by atoms with Gasteiger partial charge in [0.25, 0.3) is 5.91 Å². The summed E-state index contributed by atoms with van der Waals surface area (Å²) in [7, 11) is 0. The summed E-state index contributed by atoms with van der Waals surface area (Å²) in [5.41, 5.74) is 6.95. The van der Waals surface area contributed by atoms with Crippen molar-refractivity contribution in [2.45, 2.75) is 19.3 Å². The fourth-order valence-corrected chi connectivity index (χ4v) is 4.64. The van der Waals surface area contributed by atoms with Gasteiger partial charge in [0.2, 0.25) is 5.91 Å². The molecule has 4 rings (SSSR count). The first-order valence-corrected chi connectivity index (χ1v) is 11.2. The Morgan fingerprint density at radius 1 is 1.00 bits per heavy atom. The Morgan fingerprint density at radius 3 is 2.39 bits per heavy atom. The standard InChI is InChI=1S/C22H32N6O3/c23-16-26-12-10-25(11-13-26)15-17-4-7-27(8-5-17)21(30)18-2-1-3-19(14-18)28-9-6-20(29)24-22(28)31/h1-3,14,17H,4-13,15-16,23H2,(H,24,29,31). The molecule has 3 N–H and O–H groups in total. The van der Waals surface area contributed by atoms with Gasteiger partial charge in [-0.1, -0.05) is 6.07 Å². The first kappa shape index (κ1) is 21.7. The van der Waals surface area contributed by atoms with E-state index in [1.165, 1.54) is 4.90 Å². The van der Waals surface area contributed by atoms with Crippen LogP contribution >= 0.6 is 0 Å². The predicted octanol–water partition coefficient (Wildman–Crippen LogP) is 0.519. The summed E-state index contributed by atoms with van der Waals surface area (Å²) in [6, 6.07) is 6.69. The van der Waals surface area contributed by atoms with Gasteiger partial charge in [-0.3, -0.25) is 24.7 Å². The molecule has 9 nitrogen and oxygen atoms in total. The molecular weight excluding hydrogens is 396 g/mol. The Hall–Kier alpha value is -2.49. The van der Waals surface area contributed by atoms with Crippen LogP contribution in [0.5, 0.6) is 0 Å². The fourth-order valence-electron chi connectivity index (χ4n) is 4.64. The van der Waals surface area contributed by atoms with E-state index in [1.807, 2.05) is 4.90 Å². The molecule has 3 saturated heterocycles. The zero-order chi connectivity index (χ0) is 21.8. The Labute approximate surface area is 183 Å². The number of piperazine rings is 1. The maximum absolute atomic E-state index is 13.1. The first-order chi connectivity index (χ1) is 15.0. The van der Waals surface area contributed by atoms with E-state index in [1.54, 1.807) is 24.3 Å². The molecule has 0 radical (unpaired) electrons. The second-order valence-corrected chi connectivity index (χ2v) is 8.64. The molecule has 3 aliphatic rings. The summed E-state index contributed by atoms with van der Waals surface area (Å²) in [6.07, 6.45) is 2.29. The Bertz CT molecular complexity index is 815. The summed E-state index contributed by atoms with van der Waals surface area (Å²) < 4.78 is 0. The van der Waals surface area contributed by atoms with Gasteiger partial charge in [-0.15, -0.1) is 0 Å². The van der Waals surface area contributed by atoms with E-state index in [4.69, 9.17) is 5.73 Å². The van der Waals surface area contributed by atoms with Crippen molar-refractivity contribution in [3.8, 4) is 0 Å². The van der Waals surface area contributed by atoms with Gasteiger partial charge in [-0.25, -0.2) is 4.79 Å². The zero-order valence-corrected chi connectivity index (χ0v) is 18.0. The van der Waals surface area contributed by atoms with Gasteiger partial charge in [-0.2, -0.15) is 0 Å². The third kappa shape index (κ3) is 5.23. The van der Waals surface area contributed by atoms with E-state index < -0.39 is 6.03 Å². The van der Waals surface area contributed by atoms with Crippen molar-refractivity contribution >= 4 is 23.5 Å². The van der Waals surface area contributed by atoms with Gasteiger partial charge < -0.3 is 15.5 Å². The molecule has 0 aromatic heterocycles. The third-order valence-corrected chi connectivity index (χ3v) is 6.60. The molecule has 168 valence electrons. The van der Waals surface area contributed by atoms with Crippen molar-refractivity contribution in [2.24, 2.45) is 11.7 Å². The van der Waals surface area contributed by atoms with Crippen LogP contribution in [-0.4, -0.2) is 91.6 Å². The number of benzene rings is 1. The van der Waals surface area contributed by atoms with Crippen LogP contribution in [0.3, 0.4) is 0 Å². The number of carbonyl (C=O) groups excluding carboxylic acids is 3. The Morgan fingerprint density at radius 2 is 1.71 bits per heavy atom. The van der Waals surface area contributed by atoms with E-state index in [-0.39, 0.29) is 18.2 Å². The summed E-state index contributed by atoms with van der Waals surface area (Å²) in [6.45, 7) is 7.78. The summed E-state index contributed by atoms with van der Waals surface area (Å²) >= 11 is 0. The lowest BCUT2D eigenvalue weighted by molar-refractivity contribution is -0.120. The van der Waals surface area contributed by atoms with Gasteiger partial charge >= 0.3 is 6.03 Å². The van der Waals surface area contributed by atoms with Gasteiger partial charge in [0.05, 0.1) is 0 Å². The second-order valence-electron chi connectivity index (χ2n) is 8.64. The van der Waals surface area contributed by atoms with Crippen molar-refractivity contribution in [1.29, 1.82) is 0 Å². The van der Waals surface area contributed by atoms with E-state index in [2.05, 4.69) is 15.1 Å². The molecule has 0 spiro atoms. The first-order valence-electron chi connectivity index (χ1n) is 11.2. The topological polar surface area (TPSA) is 102 Å². The molecule has 3 heterocycles. The lowest BCUT2D eigenvalue weighted by atomic mass is 9.95. The van der Waals surface area contributed by atoms with E-state index in [9.17, 15) is 14.4 Å². The lowest BCUT2D eigenvalue weighted by Crippen LogP contribution is -2.50. The van der Waals surface area contributed by atoms with Crippen LogP contribution in [0.4, 0.5) is 10.5 Å². The number of amides is 4. The number of anilines is 1. The molecular formula is C22H32N6O3. The van der Waals surface area contributed by atoms with E-state index in [0.717, 1.165) is 58.7 Å². The van der Waals surface area contributed by atoms with Crippen LogP contribution < -0.4 is 16.0 Å². The molecule has 1 aromatic carbocycles. The van der Waals surface area contributed by atoms with Gasteiger partial charge in [-0.05, 0) is 37.0 Å². The molecule has 4 amide bonds. The quantitative estimate of drug-likeness (QED) is 0.709. The number of carbonyl (C=O) groups is 3. The van der Waals surface area contributed by atoms with Crippen molar-refractivity contribution in [3.05, 3.63) is 29.8 Å². The summed E-state index contributed by atoms with van der Waals surface area (Å²) in [5, 5.41) is 2.32. The van der Waals surface area contributed by atoms with Gasteiger partial charge in [0, 0.05) is 76.7 Å². The maximum Gasteiger partial charge on any atom is 0.328 e. The number of hydrogen-bond donors (Lipinski definition) is 2. The highest BCUT2D eigenvalue weighted by Crippen LogP contribution is 2.23. The summed E-state index contributed by atoms with van der Waals surface area (Å²) in [5.74, 6) is 0.359. The minimum absolute atomic E-state index is 0.00496. The highest BCUT2D eigenvalue weighted by atomic mass is 16.2. The molecule has 0 saturated carbocycles. The molecule has 0 unspecified atom stereocenters. The number of nitrogens with two attached hydrogens (primary N) is 1. The molecule has 1 aromatic rings. The number of nitrogens with one attached hydrogen (secondary N) is 1. The number of piperidine rings is 1. The molecule has 31 heavy (non-hydrogen) atoms. The average Bonchev–Trinajstić information content (AvgIpc) is 2.80. The van der Waals surface area contributed by atoms with Crippen LogP contribution in [0.2, 0.25) is 0 Å². The predicted molar refractivity (Wildman–Crippen MR) is 118 cm³/mol. The van der Waals surface area contributed by atoms with Crippen LogP contribution in [0.15, 0.2) is 24.3 Å². The van der Waals surface area contributed by atoms with E-state index >= 15 is 0 Å². The third-order valence-electron chi connectivity index (χ3n) is 6.60. The SMILES string of the molecule is NCN1CCN(CC2CCN(C(=O)c3cccc(N4CCC(=O)NC4=O)c3)CC2)CC1. The largest absolute Gasteiger partial charge is 0.339 e. The molecule has 9 heteroatoms. The van der Waals surface area contributed by atoms with Crippen molar-refractivity contribution in [2.75, 3.05) is 63.9 Å². The molecule has 0 bridgehead atoms. The number of nitrogens with zero attached hydrogens (tertiary/aromatic N) is 4. The second kappa shape index (κ2) is 9.76. The van der Waals surface area contributed by atoms with Gasteiger partial charge in [0.15, 0.2) is 0 Å². The van der Waals surface area contributed by atoms with Crippen molar-refractivity contribution in [3.63, 3.8) is 0 Å². The van der Waals surface area contributed by atoms with E-state index in [0.29, 0.717) is 30.4 Å². The monoisotopic (exact) mass is 428 g/mol. The fraction of sp³-hybridized carbons (Fsp3) is 0.591. The maximum atomic E-state index is 13.1. The normalized spacial score (nSPS) is 22.0. The highest BCUT2D eigenvalue weighted by molar-refractivity contribution is 6.06. The van der Waals surface area contributed by atoms with Crippen LogP contribution in [0, 0.1) is 5.92 Å². The minimum atomic E-state index is -0.436. The molecule has 3 fully saturated rings. The number of urea groups is 1. The zero-order valence-electron chi connectivity index (χ0n) is 18.0. The van der Waals surface area contributed by atoms with Gasteiger partial charge in [0.1, 0.15) is 0 Å². The van der Waals surface area contributed by atoms with Crippen LogP contribution in [0.1, 0.15) is 29.6 Å². The minimum Gasteiger partial charge on any atom is -0.339 e. The van der Waals surface area contributed by atoms with Crippen molar-refractivity contribution in [1.82, 2.24) is 20.0 Å². The van der Waals surface area contributed by atoms with Crippen LogP contribution in [-0.2, 0) is 4.79 Å². The molecule has 0 aliphatic carbocycles. The Kier molecular flexibility index (Phi) is 6.84. The van der Waals surface area contributed by atoms with Crippen molar-refractivity contribution < 1.29 is 14.4 Å². The summed E-state index contributed by atoms with van der Waals surface area (Å²) in [4.78, 5) is 44.8. The number of imide groups is 1. The smallest absolute Gasteiger partial charge is 0.328 e. The number of hydrogen-bond acceptors (Lipinski definition) is 6.